The van der Waals surface area contributed by atoms with Crippen LogP contribution in [0, 0.1) is 5.92 Å². The highest BCUT2D eigenvalue weighted by atomic mass is 16.3. The molecule has 1 rings (SSSR count). The maximum atomic E-state index is 11.2. The first-order chi connectivity index (χ1) is 7.15. The molecule has 0 aliphatic heterocycles. The number of hydrogen-bond donors (Lipinski definition) is 3. The number of nitrogens with two attached hydrogens (primary N) is 1. The van der Waals surface area contributed by atoms with E-state index in [-0.39, 0.29) is 5.91 Å². The summed E-state index contributed by atoms with van der Waals surface area (Å²) in [4.78, 5) is 11.2. The van der Waals surface area contributed by atoms with Crippen LogP contribution in [0.15, 0.2) is 0 Å². The van der Waals surface area contributed by atoms with E-state index in [2.05, 4.69) is 5.32 Å². The highest BCUT2D eigenvalue weighted by Gasteiger charge is 2.25. The molecule has 1 fully saturated rings. The average Bonchev–Trinajstić information content (AvgIpc) is 2.28. The number of carbonyl (C=O) groups excluding carboxylic acids is 1. The van der Waals surface area contributed by atoms with Gasteiger partial charge in [-0.1, -0.05) is 32.1 Å². The van der Waals surface area contributed by atoms with E-state index in [1.165, 1.54) is 39.2 Å². The molecule has 4 heteroatoms. The molecule has 2 atom stereocenters. The Morgan fingerprint density at radius 3 is 2.60 bits per heavy atom. The Hall–Kier alpha value is -0.610. The van der Waals surface area contributed by atoms with Crippen molar-refractivity contribution in [3.63, 3.8) is 0 Å². The van der Waals surface area contributed by atoms with Crippen molar-refractivity contribution in [2.24, 2.45) is 11.7 Å². The van der Waals surface area contributed by atoms with Gasteiger partial charge in [0.25, 0.3) is 0 Å². The molecule has 0 aromatic carbocycles. The minimum absolute atomic E-state index is 0.377. The van der Waals surface area contributed by atoms with Crippen molar-refractivity contribution in [1.29, 1.82) is 0 Å². The summed E-state index contributed by atoms with van der Waals surface area (Å²) in [6.45, 7) is 0. The van der Waals surface area contributed by atoms with Crippen molar-refractivity contribution in [3.8, 4) is 0 Å². The third kappa shape index (κ3) is 3.80. The number of nitrogens with one attached hydrogen (secondary N) is 1. The van der Waals surface area contributed by atoms with E-state index in [0.717, 1.165) is 6.42 Å². The molecular formula is C11H22N2O2. The lowest BCUT2D eigenvalue weighted by molar-refractivity contribution is -0.130. The van der Waals surface area contributed by atoms with Gasteiger partial charge in [-0.25, -0.2) is 0 Å². The molecule has 0 heterocycles. The SMILES string of the molecule is CNC(=O)[C@@H](O)[C@H](N)CC1CCCCC1. The van der Waals surface area contributed by atoms with Crippen molar-refractivity contribution in [2.75, 3.05) is 7.05 Å². The topological polar surface area (TPSA) is 75.3 Å². The Bertz CT molecular complexity index is 203. The summed E-state index contributed by atoms with van der Waals surface area (Å²) < 4.78 is 0. The van der Waals surface area contributed by atoms with Gasteiger partial charge in [-0.3, -0.25) is 4.79 Å². The lowest BCUT2D eigenvalue weighted by Gasteiger charge is -2.26. The predicted molar refractivity (Wildman–Crippen MR) is 59.2 cm³/mol. The van der Waals surface area contributed by atoms with Crippen LogP contribution in [0.1, 0.15) is 38.5 Å². The van der Waals surface area contributed by atoms with E-state index in [9.17, 15) is 9.90 Å². The van der Waals surface area contributed by atoms with Crippen LogP contribution in [0.3, 0.4) is 0 Å². The van der Waals surface area contributed by atoms with Crippen LogP contribution in [0.2, 0.25) is 0 Å². The molecule has 0 bridgehead atoms. The number of hydrogen-bond acceptors (Lipinski definition) is 3. The Kier molecular flexibility index (Phi) is 5.05. The second kappa shape index (κ2) is 6.08. The molecule has 0 aromatic rings. The summed E-state index contributed by atoms with van der Waals surface area (Å²) >= 11 is 0. The molecule has 1 amide bonds. The van der Waals surface area contributed by atoms with Crippen LogP contribution in [0.4, 0.5) is 0 Å². The van der Waals surface area contributed by atoms with Gasteiger partial charge >= 0.3 is 0 Å². The molecule has 0 saturated heterocycles. The summed E-state index contributed by atoms with van der Waals surface area (Å²) in [7, 11) is 1.51. The molecule has 0 aromatic heterocycles. The minimum Gasteiger partial charge on any atom is -0.382 e. The van der Waals surface area contributed by atoms with E-state index < -0.39 is 12.1 Å². The van der Waals surface area contributed by atoms with Crippen molar-refractivity contribution >= 4 is 5.91 Å². The van der Waals surface area contributed by atoms with E-state index in [1.54, 1.807) is 0 Å². The Balaban J connectivity index is 2.32. The summed E-state index contributed by atoms with van der Waals surface area (Å²) in [5.74, 6) is 0.214. The molecule has 15 heavy (non-hydrogen) atoms. The Labute approximate surface area is 91.2 Å². The molecule has 1 aliphatic carbocycles. The van der Waals surface area contributed by atoms with Gasteiger partial charge in [0.15, 0.2) is 0 Å². The quantitative estimate of drug-likeness (QED) is 0.633. The third-order valence-electron chi connectivity index (χ3n) is 3.25. The van der Waals surface area contributed by atoms with Crippen molar-refractivity contribution < 1.29 is 9.90 Å². The number of amides is 1. The lowest BCUT2D eigenvalue weighted by atomic mass is 9.84. The highest BCUT2D eigenvalue weighted by molar-refractivity contribution is 5.80. The van der Waals surface area contributed by atoms with Crippen LogP contribution < -0.4 is 11.1 Å². The van der Waals surface area contributed by atoms with Gasteiger partial charge in [0, 0.05) is 13.1 Å². The largest absolute Gasteiger partial charge is 0.382 e. The molecular weight excluding hydrogens is 192 g/mol. The first kappa shape index (κ1) is 12.5. The molecule has 4 N–H and O–H groups in total. The fraction of sp³-hybridized carbons (Fsp3) is 0.909. The average molecular weight is 214 g/mol. The summed E-state index contributed by atoms with van der Waals surface area (Å²) in [5, 5.41) is 12.0. The zero-order valence-corrected chi connectivity index (χ0v) is 9.41. The first-order valence-electron chi connectivity index (χ1n) is 5.80. The van der Waals surface area contributed by atoms with Crippen molar-refractivity contribution in [2.45, 2.75) is 50.7 Å². The normalized spacial score (nSPS) is 22.1. The number of carbonyl (C=O) groups is 1. The van der Waals surface area contributed by atoms with Gasteiger partial charge in [0.05, 0.1) is 0 Å². The number of aliphatic hydroxyl groups excluding tert-OH is 1. The van der Waals surface area contributed by atoms with Crippen molar-refractivity contribution in [3.05, 3.63) is 0 Å². The Morgan fingerprint density at radius 2 is 2.07 bits per heavy atom. The number of aliphatic hydroxyl groups is 1. The van der Waals surface area contributed by atoms with E-state index in [0.29, 0.717) is 5.92 Å². The van der Waals surface area contributed by atoms with Crippen LogP contribution in [0.5, 0.6) is 0 Å². The second-order valence-corrected chi connectivity index (χ2v) is 4.46. The fourth-order valence-electron chi connectivity index (χ4n) is 2.28. The van der Waals surface area contributed by atoms with Gasteiger partial charge in [-0.2, -0.15) is 0 Å². The van der Waals surface area contributed by atoms with Gasteiger partial charge in [0.2, 0.25) is 5.91 Å². The van der Waals surface area contributed by atoms with Gasteiger partial charge in [-0.15, -0.1) is 0 Å². The molecule has 4 nitrogen and oxygen atoms in total. The monoisotopic (exact) mass is 214 g/mol. The third-order valence-corrected chi connectivity index (χ3v) is 3.25. The maximum absolute atomic E-state index is 11.2. The minimum atomic E-state index is -1.06. The van der Waals surface area contributed by atoms with Crippen LogP contribution in [-0.4, -0.2) is 30.2 Å². The second-order valence-electron chi connectivity index (χ2n) is 4.46. The lowest BCUT2D eigenvalue weighted by Crippen LogP contribution is -2.46. The Morgan fingerprint density at radius 1 is 1.47 bits per heavy atom. The van der Waals surface area contributed by atoms with Crippen molar-refractivity contribution in [1.82, 2.24) is 5.32 Å². The molecule has 88 valence electrons. The number of rotatable bonds is 4. The summed E-state index contributed by atoms with van der Waals surface area (Å²) in [5.41, 5.74) is 5.81. The maximum Gasteiger partial charge on any atom is 0.250 e. The van der Waals surface area contributed by atoms with Gasteiger partial charge in [0.1, 0.15) is 6.10 Å². The smallest absolute Gasteiger partial charge is 0.250 e. The summed E-state index contributed by atoms with van der Waals surface area (Å²) in [6.07, 6.45) is 5.90. The van der Waals surface area contributed by atoms with Crippen LogP contribution in [0.25, 0.3) is 0 Å². The van der Waals surface area contributed by atoms with E-state index >= 15 is 0 Å². The predicted octanol–water partition coefficient (Wildman–Crippen LogP) is 0.391. The summed E-state index contributed by atoms with van der Waals surface area (Å²) in [6, 6.07) is -0.423. The molecule has 1 saturated carbocycles. The molecule has 0 radical (unpaired) electrons. The van der Waals surface area contributed by atoms with Gasteiger partial charge in [-0.05, 0) is 12.3 Å². The molecule has 0 spiro atoms. The van der Waals surface area contributed by atoms with Gasteiger partial charge < -0.3 is 16.2 Å². The van der Waals surface area contributed by atoms with E-state index in [4.69, 9.17) is 5.73 Å². The van der Waals surface area contributed by atoms with Crippen LogP contribution >= 0.6 is 0 Å². The first-order valence-corrected chi connectivity index (χ1v) is 5.80. The standard InChI is InChI=1S/C11H22N2O2/c1-13-11(15)10(14)9(12)7-8-5-3-2-4-6-8/h8-10,14H,2-7,12H2,1H3,(H,13,15)/t9-,10+/m1/s1. The zero-order valence-electron chi connectivity index (χ0n) is 9.41. The fourth-order valence-corrected chi connectivity index (χ4v) is 2.28. The molecule has 0 unspecified atom stereocenters. The van der Waals surface area contributed by atoms with E-state index in [1.807, 2.05) is 0 Å². The highest BCUT2D eigenvalue weighted by Crippen LogP contribution is 2.27. The van der Waals surface area contributed by atoms with Crippen LogP contribution in [-0.2, 0) is 4.79 Å². The molecule has 1 aliphatic rings. The number of likely N-dealkylation sites (N-methyl/N-ethyl adjacent to an activating group) is 1. The zero-order chi connectivity index (χ0) is 11.3.